The molecule has 0 saturated carbocycles. The second kappa shape index (κ2) is 13.1. The van der Waals surface area contributed by atoms with E-state index in [0.717, 1.165) is 23.1 Å². The van der Waals surface area contributed by atoms with Crippen molar-refractivity contribution in [3.8, 4) is 17.2 Å². The van der Waals surface area contributed by atoms with E-state index in [0.29, 0.717) is 41.1 Å². The maximum absolute atomic E-state index is 12.6. The van der Waals surface area contributed by atoms with Gasteiger partial charge < -0.3 is 35.3 Å². The van der Waals surface area contributed by atoms with Crippen LogP contribution in [0.2, 0.25) is 0 Å². The predicted octanol–water partition coefficient (Wildman–Crippen LogP) is 3.36. The molecule has 0 bridgehead atoms. The number of benzene rings is 3. The molecule has 5 N–H and O–H groups in total. The Kier molecular flexibility index (Phi) is 9.42. The summed E-state index contributed by atoms with van der Waals surface area (Å²) in [5.41, 5.74) is 3.41. The van der Waals surface area contributed by atoms with Crippen molar-refractivity contribution in [1.82, 2.24) is 15.6 Å². The van der Waals surface area contributed by atoms with Gasteiger partial charge in [0.1, 0.15) is 17.2 Å². The van der Waals surface area contributed by atoms with Crippen molar-refractivity contribution >= 4 is 16.8 Å². The molecule has 0 unspecified atom stereocenters. The molecule has 1 amide bonds. The summed E-state index contributed by atoms with van der Waals surface area (Å²) >= 11 is 0. The fraction of sp³-hybridized carbons (Fsp3) is 0.290. The molecule has 1 aromatic heterocycles. The molecular formula is C31H35N3O6. The van der Waals surface area contributed by atoms with Crippen molar-refractivity contribution in [2.24, 2.45) is 0 Å². The number of fused-ring (bicyclic) bond motifs is 1. The molecule has 9 nitrogen and oxygen atoms in total. The van der Waals surface area contributed by atoms with Crippen molar-refractivity contribution in [2.75, 3.05) is 20.8 Å². The lowest BCUT2D eigenvalue weighted by atomic mass is 10.0. The SMILES string of the molecule is COc1cccc(OC)c1CNC(=O)Cc1ccc(C[C@@H](C)NC[C@H](O)c2ccc(O)c3[nH]c(=O)ccc23)cc1. The molecule has 0 fully saturated rings. The number of H-pyrrole nitrogens is 1. The van der Waals surface area contributed by atoms with Crippen LogP contribution in [0.1, 0.15) is 35.3 Å². The van der Waals surface area contributed by atoms with Crippen molar-refractivity contribution in [1.29, 1.82) is 0 Å². The number of hydrogen-bond donors (Lipinski definition) is 5. The van der Waals surface area contributed by atoms with Crippen molar-refractivity contribution in [2.45, 2.75) is 38.5 Å². The van der Waals surface area contributed by atoms with E-state index in [1.54, 1.807) is 26.4 Å². The fourth-order valence-corrected chi connectivity index (χ4v) is 4.73. The number of phenolic OH excluding ortho intramolecular Hbond substituents is 1. The molecule has 3 aromatic carbocycles. The van der Waals surface area contributed by atoms with E-state index >= 15 is 0 Å². The van der Waals surface area contributed by atoms with Crippen LogP contribution in [0.25, 0.3) is 10.9 Å². The third-order valence-corrected chi connectivity index (χ3v) is 6.85. The predicted molar refractivity (Wildman–Crippen MR) is 154 cm³/mol. The van der Waals surface area contributed by atoms with Crippen LogP contribution in [0.5, 0.6) is 17.2 Å². The van der Waals surface area contributed by atoms with Gasteiger partial charge in [0.25, 0.3) is 0 Å². The molecule has 40 heavy (non-hydrogen) atoms. The molecule has 0 aliphatic heterocycles. The monoisotopic (exact) mass is 545 g/mol. The zero-order chi connectivity index (χ0) is 28.6. The van der Waals surface area contributed by atoms with Gasteiger partial charge in [-0.3, -0.25) is 9.59 Å². The van der Waals surface area contributed by atoms with Crippen LogP contribution in [0.4, 0.5) is 0 Å². The molecule has 0 saturated heterocycles. The van der Waals surface area contributed by atoms with Crippen LogP contribution in [0.3, 0.4) is 0 Å². The summed E-state index contributed by atoms with van der Waals surface area (Å²) in [5.74, 6) is 1.18. The number of aliphatic hydroxyl groups excluding tert-OH is 1. The minimum absolute atomic E-state index is 0.0393. The fourth-order valence-electron chi connectivity index (χ4n) is 4.73. The Balaban J connectivity index is 1.28. The number of methoxy groups -OCH3 is 2. The Labute approximate surface area is 232 Å². The topological polar surface area (TPSA) is 133 Å². The third kappa shape index (κ3) is 6.99. The van der Waals surface area contributed by atoms with Crippen LogP contribution in [0.15, 0.2) is 71.5 Å². The molecule has 2 atom stereocenters. The summed E-state index contributed by atoms with van der Waals surface area (Å²) in [6.07, 6.45) is 0.160. The van der Waals surface area contributed by atoms with Crippen LogP contribution in [-0.2, 0) is 24.2 Å². The third-order valence-electron chi connectivity index (χ3n) is 6.85. The van der Waals surface area contributed by atoms with Gasteiger partial charge >= 0.3 is 0 Å². The van der Waals surface area contributed by atoms with Crippen LogP contribution in [-0.4, -0.2) is 47.9 Å². The number of aromatic amines is 1. The summed E-state index contributed by atoms with van der Waals surface area (Å²) in [4.78, 5) is 26.8. The average molecular weight is 546 g/mol. The van der Waals surface area contributed by atoms with E-state index in [1.165, 1.54) is 12.1 Å². The first-order chi connectivity index (χ1) is 19.3. The minimum Gasteiger partial charge on any atom is -0.506 e. The van der Waals surface area contributed by atoms with Crippen LogP contribution < -0.4 is 25.7 Å². The van der Waals surface area contributed by atoms with Gasteiger partial charge in [-0.25, -0.2) is 0 Å². The molecule has 9 heteroatoms. The van der Waals surface area contributed by atoms with Crippen molar-refractivity contribution in [3.05, 3.63) is 99.3 Å². The first kappa shape index (κ1) is 28.7. The number of hydrogen-bond acceptors (Lipinski definition) is 7. The Morgan fingerprint density at radius 1 is 0.950 bits per heavy atom. The number of phenols is 1. The zero-order valence-electron chi connectivity index (χ0n) is 22.9. The molecule has 1 heterocycles. The van der Waals surface area contributed by atoms with Gasteiger partial charge in [0.2, 0.25) is 11.5 Å². The lowest BCUT2D eigenvalue weighted by Crippen LogP contribution is -2.32. The van der Waals surface area contributed by atoms with Gasteiger partial charge in [0.05, 0.1) is 44.4 Å². The second-order valence-electron chi connectivity index (χ2n) is 9.73. The van der Waals surface area contributed by atoms with Crippen LogP contribution >= 0.6 is 0 Å². The van der Waals surface area contributed by atoms with E-state index in [4.69, 9.17) is 9.47 Å². The van der Waals surface area contributed by atoms with Gasteiger partial charge in [-0.05, 0) is 54.3 Å². The van der Waals surface area contributed by atoms with Gasteiger partial charge in [0, 0.05) is 24.0 Å². The number of aromatic nitrogens is 1. The maximum atomic E-state index is 12.6. The number of aromatic hydroxyl groups is 1. The van der Waals surface area contributed by atoms with E-state index in [-0.39, 0.29) is 29.7 Å². The smallest absolute Gasteiger partial charge is 0.248 e. The van der Waals surface area contributed by atoms with Crippen molar-refractivity contribution in [3.63, 3.8) is 0 Å². The standard InChI is InChI=1S/C31H35N3O6/c1-19(32-18-26(36)22-11-13-25(35)31-23(22)12-14-29(37)34-31)15-20-7-9-21(10-8-20)16-30(38)33-17-24-27(39-2)5-4-6-28(24)40-3/h4-14,19,26,32,35-36H,15-18H2,1-3H3,(H,33,38)(H,34,37)/t19-,26+/m1/s1. The number of pyridine rings is 1. The lowest BCUT2D eigenvalue weighted by Gasteiger charge is -2.19. The highest BCUT2D eigenvalue weighted by Gasteiger charge is 2.16. The van der Waals surface area contributed by atoms with E-state index in [9.17, 15) is 19.8 Å². The summed E-state index contributed by atoms with van der Waals surface area (Å²) in [7, 11) is 3.17. The minimum atomic E-state index is -0.826. The van der Waals surface area contributed by atoms with E-state index < -0.39 is 6.10 Å². The highest BCUT2D eigenvalue weighted by Crippen LogP contribution is 2.29. The number of carbonyl (C=O) groups is 1. The summed E-state index contributed by atoms with van der Waals surface area (Å²) in [5, 5.41) is 27.8. The quantitative estimate of drug-likeness (QED) is 0.184. The number of ether oxygens (including phenoxy) is 2. The molecule has 210 valence electrons. The zero-order valence-corrected chi connectivity index (χ0v) is 22.9. The highest BCUT2D eigenvalue weighted by molar-refractivity contribution is 5.87. The van der Waals surface area contributed by atoms with Gasteiger partial charge in [-0.2, -0.15) is 0 Å². The summed E-state index contributed by atoms with van der Waals surface area (Å²) < 4.78 is 10.8. The molecule has 0 radical (unpaired) electrons. The average Bonchev–Trinajstić information content (AvgIpc) is 2.96. The number of nitrogens with one attached hydrogen (secondary N) is 3. The van der Waals surface area contributed by atoms with Crippen LogP contribution in [0, 0.1) is 0 Å². The highest BCUT2D eigenvalue weighted by atomic mass is 16.5. The molecule has 4 aromatic rings. The molecule has 0 aliphatic rings. The molecule has 0 aliphatic carbocycles. The number of carbonyl (C=O) groups excluding carboxylic acids is 1. The maximum Gasteiger partial charge on any atom is 0.248 e. The Morgan fingerprint density at radius 2 is 1.62 bits per heavy atom. The van der Waals surface area contributed by atoms with Gasteiger partial charge in [-0.15, -0.1) is 0 Å². The second-order valence-corrected chi connectivity index (χ2v) is 9.73. The van der Waals surface area contributed by atoms with E-state index in [1.807, 2.05) is 49.4 Å². The largest absolute Gasteiger partial charge is 0.506 e. The number of aliphatic hydroxyl groups is 1. The normalized spacial score (nSPS) is 12.6. The Bertz CT molecular complexity index is 1490. The number of rotatable bonds is 12. The lowest BCUT2D eigenvalue weighted by molar-refractivity contribution is -0.120. The molecule has 0 spiro atoms. The Morgan fingerprint density at radius 3 is 2.30 bits per heavy atom. The summed E-state index contributed by atoms with van der Waals surface area (Å²) in [6.45, 7) is 2.64. The first-order valence-corrected chi connectivity index (χ1v) is 13.1. The molecule has 4 rings (SSSR count). The van der Waals surface area contributed by atoms with E-state index in [2.05, 4.69) is 15.6 Å². The first-order valence-electron chi connectivity index (χ1n) is 13.1. The van der Waals surface area contributed by atoms with Gasteiger partial charge in [0.15, 0.2) is 0 Å². The molecular weight excluding hydrogens is 510 g/mol. The van der Waals surface area contributed by atoms with Gasteiger partial charge in [-0.1, -0.05) is 36.4 Å². The summed E-state index contributed by atoms with van der Waals surface area (Å²) in [6, 6.07) is 19.6. The Hall–Kier alpha value is -4.34. The van der Waals surface area contributed by atoms with Crippen molar-refractivity contribution < 1.29 is 24.5 Å². The number of amides is 1.